The summed E-state index contributed by atoms with van der Waals surface area (Å²) in [5.74, 6) is 2.31. The van der Waals surface area contributed by atoms with E-state index >= 15 is 0 Å². The molecule has 39 heavy (non-hydrogen) atoms. The largest absolute Gasteiger partial charge is 0.493 e. The molecule has 0 amide bonds. The number of carbonyl (C=O) groups is 1. The van der Waals surface area contributed by atoms with E-state index in [4.69, 9.17) is 9.47 Å². The molecule has 2 heterocycles. The van der Waals surface area contributed by atoms with Crippen molar-refractivity contribution in [2.24, 2.45) is 18.9 Å². The van der Waals surface area contributed by atoms with E-state index < -0.39 is 0 Å². The van der Waals surface area contributed by atoms with Crippen molar-refractivity contribution in [3.63, 3.8) is 0 Å². The molecule has 1 saturated heterocycles. The molecule has 1 aromatic heterocycles. The molecule has 2 aliphatic rings. The van der Waals surface area contributed by atoms with Gasteiger partial charge in [-0.05, 0) is 67.0 Å². The van der Waals surface area contributed by atoms with Crippen LogP contribution in [-0.4, -0.2) is 26.0 Å². The number of ether oxygens (including phenoxy) is 2. The van der Waals surface area contributed by atoms with Crippen molar-refractivity contribution in [1.82, 2.24) is 0 Å². The molecule has 1 unspecified atom stereocenters. The Morgan fingerprint density at radius 2 is 1.74 bits per heavy atom. The molecule has 0 bridgehead atoms. The molecule has 1 aliphatic carbocycles. The molecule has 1 fully saturated rings. The summed E-state index contributed by atoms with van der Waals surface area (Å²) in [5.41, 5.74) is 5.59. The second kappa shape index (κ2) is 11.2. The Morgan fingerprint density at radius 1 is 0.923 bits per heavy atom. The lowest BCUT2D eigenvalue weighted by molar-refractivity contribution is -0.919. The first-order valence-corrected chi connectivity index (χ1v) is 14.2. The van der Waals surface area contributed by atoms with Crippen molar-refractivity contribution < 1.29 is 23.7 Å². The Balaban J connectivity index is 1.09. The molecule has 1 atom stereocenters. The van der Waals surface area contributed by atoms with Crippen LogP contribution in [0, 0.1) is 11.8 Å². The van der Waals surface area contributed by atoms with E-state index in [2.05, 4.69) is 78.5 Å². The SMILES string of the molecule is COc1cc2c(cc1OCc1ccc3ccc[n+](C)c3c1)CC(CC1CC[NH+](Cc3ccccc3)CC1)C2=O. The summed E-state index contributed by atoms with van der Waals surface area (Å²) in [7, 11) is 3.70. The van der Waals surface area contributed by atoms with Crippen LogP contribution in [0.15, 0.2) is 79.0 Å². The van der Waals surface area contributed by atoms with Crippen LogP contribution >= 0.6 is 0 Å². The quantitative estimate of drug-likeness (QED) is 0.347. The van der Waals surface area contributed by atoms with Crippen molar-refractivity contribution in [2.75, 3.05) is 20.2 Å². The van der Waals surface area contributed by atoms with Gasteiger partial charge in [0.15, 0.2) is 23.5 Å². The molecule has 5 heteroatoms. The van der Waals surface area contributed by atoms with Gasteiger partial charge in [-0.3, -0.25) is 4.79 Å². The summed E-state index contributed by atoms with van der Waals surface area (Å²) >= 11 is 0. The van der Waals surface area contributed by atoms with Gasteiger partial charge in [0, 0.05) is 34.6 Å². The number of likely N-dealkylation sites (tertiary alicyclic amines) is 1. The molecule has 200 valence electrons. The van der Waals surface area contributed by atoms with Crippen LogP contribution in [0.25, 0.3) is 10.9 Å². The molecule has 1 N–H and O–H groups in total. The number of hydrogen-bond acceptors (Lipinski definition) is 3. The number of methoxy groups -OCH3 is 1. The number of benzene rings is 3. The molecule has 1 aliphatic heterocycles. The van der Waals surface area contributed by atoms with Gasteiger partial charge in [0.25, 0.3) is 0 Å². The first kappa shape index (κ1) is 25.6. The van der Waals surface area contributed by atoms with Crippen molar-refractivity contribution >= 4 is 16.7 Å². The Morgan fingerprint density at radius 3 is 2.54 bits per heavy atom. The van der Waals surface area contributed by atoms with Crippen molar-refractivity contribution in [3.8, 4) is 11.5 Å². The van der Waals surface area contributed by atoms with E-state index in [1.807, 2.05) is 12.1 Å². The van der Waals surface area contributed by atoms with Crippen LogP contribution in [0.2, 0.25) is 0 Å². The molecule has 3 aromatic carbocycles. The first-order valence-electron chi connectivity index (χ1n) is 14.2. The van der Waals surface area contributed by atoms with Gasteiger partial charge in [-0.1, -0.05) is 36.4 Å². The van der Waals surface area contributed by atoms with Gasteiger partial charge in [0.1, 0.15) is 20.2 Å². The fraction of sp³-hybridized carbons (Fsp3) is 0.353. The molecular formula is C34H38N2O3+2. The van der Waals surface area contributed by atoms with Crippen LogP contribution in [0.4, 0.5) is 0 Å². The van der Waals surface area contributed by atoms with Gasteiger partial charge in [0.2, 0.25) is 5.52 Å². The van der Waals surface area contributed by atoms with Crippen LogP contribution in [0.1, 0.15) is 46.3 Å². The number of pyridine rings is 1. The maximum Gasteiger partial charge on any atom is 0.212 e. The number of piperidine rings is 1. The van der Waals surface area contributed by atoms with Crippen molar-refractivity contribution in [3.05, 3.63) is 101 Å². The summed E-state index contributed by atoms with van der Waals surface area (Å²) in [4.78, 5) is 15.0. The van der Waals surface area contributed by atoms with Crippen LogP contribution in [0.3, 0.4) is 0 Å². The third-order valence-electron chi connectivity index (χ3n) is 8.67. The van der Waals surface area contributed by atoms with Gasteiger partial charge in [0.05, 0.1) is 20.2 Å². The lowest BCUT2D eigenvalue weighted by atomic mass is 9.85. The van der Waals surface area contributed by atoms with Gasteiger partial charge < -0.3 is 14.4 Å². The second-order valence-corrected chi connectivity index (χ2v) is 11.3. The normalized spacial score (nSPS) is 20.7. The number of ketones is 1. The summed E-state index contributed by atoms with van der Waals surface area (Å²) in [6.07, 6.45) is 6.24. The van der Waals surface area contributed by atoms with E-state index in [9.17, 15) is 4.79 Å². The zero-order valence-electron chi connectivity index (χ0n) is 23.0. The van der Waals surface area contributed by atoms with Gasteiger partial charge in [-0.25, -0.2) is 4.57 Å². The number of fused-ring (bicyclic) bond motifs is 2. The van der Waals surface area contributed by atoms with E-state index in [0.717, 1.165) is 36.1 Å². The van der Waals surface area contributed by atoms with E-state index in [0.29, 0.717) is 24.0 Å². The Bertz CT molecular complexity index is 1480. The van der Waals surface area contributed by atoms with Crippen molar-refractivity contribution in [1.29, 1.82) is 0 Å². The number of nitrogens with zero attached hydrogens (tertiary/aromatic N) is 1. The minimum absolute atomic E-state index is 0.0705. The standard InChI is InChI=1S/C34H37N2O3/c1-35-14-6-9-27-11-10-26(18-31(27)35)23-39-33-20-28-19-29(34(37)30(28)21-32(33)38-2)17-24-12-15-36(16-13-24)22-25-7-4-3-5-8-25/h3-11,14,18,20-21,24,29H,12-13,15-17,19,22-23H2,1-2H3/q+1/p+1. The molecule has 6 rings (SSSR count). The first-order chi connectivity index (χ1) is 19.1. The van der Waals surface area contributed by atoms with E-state index in [1.165, 1.54) is 42.4 Å². The molecule has 0 saturated carbocycles. The zero-order chi connectivity index (χ0) is 26.8. The average molecular weight is 523 g/mol. The van der Waals surface area contributed by atoms with Gasteiger partial charge in [-0.15, -0.1) is 0 Å². The number of rotatable bonds is 8. The minimum atomic E-state index is 0.0705. The number of aryl methyl sites for hydroxylation is 1. The smallest absolute Gasteiger partial charge is 0.212 e. The minimum Gasteiger partial charge on any atom is -0.493 e. The third kappa shape index (κ3) is 5.55. The number of quaternary nitrogens is 1. The molecule has 0 spiro atoms. The average Bonchev–Trinajstić information content (AvgIpc) is 3.26. The number of Topliss-reactive ketones (excluding diaryl/α,β-unsaturated/α-hetero) is 1. The molecular weight excluding hydrogens is 484 g/mol. The van der Waals surface area contributed by atoms with Crippen LogP contribution in [-0.2, 0) is 26.6 Å². The lowest BCUT2D eigenvalue weighted by Crippen LogP contribution is -3.11. The second-order valence-electron chi connectivity index (χ2n) is 11.3. The fourth-order valence-corrected chi connectivity index (χ4v) is 6.47. The summed E-state index contributed by atoms with van der Waals surface area (Å²) in [6.45, 7) is 3.92. The van der Waals surface area contributed by atoms with Crippen molar-refractivity contribution in [2.45, 2.75) is 38.8 Å². The third-order valence-corrected chi connectivity index (χ3v) is 8.67. The Hall–Kier alpha value is -3.70. The summed E-state index contributed by atoms with van der Waals surface area (Å²) in [6, 6.07) is 25.3. The lowest BCUT2D eigenvalue weighted by Gasteiger charge is -2.30. The number of carbonyl (C=O) groups excluding carboxylic acids is 1. The van der Waals surface area contributed by atoms with Gasteiger partial charge >= 0.3 is 0 Å². The highest BCUT2D eigenvalue weighted by molar-refractivity contribution is 6.02. The van der Waals surface area contributed by atoms with Crippen LogP contribution < -0.4 is 18.9 Å². The van der Waals surface area contributed by atoms with E-state index in [-0.39, 0.29) is 11.7 Å². The van der Waals surface area contributed by atoms with Crippen LogP contribution in [0.5, 0.6) is 11.5 Å². The molecule has 0 radical (unpaired) electrons. The number of nitrogens with one attached hydrogen (secondary N) is 1. The maximum atomic E-state index is 13.4. The Kier molecular flexibility index (Phi) is 7.34. The van der Waals surface area contributed by atoms with E-state index in [1.54, 1.807) is 12.0 Å². The van der Waals surface area contributed by atoms with Gasteiger partial charge in [-0.2, -0.15) is 0 Å². The highest BCUT2D eigenvalue weighted by Crippen LogP contribution is 2.39. The summed E-state index contributed by atoms with van der Waals surface area (Å²) in [5, 5.41) is 1.20. The molecule has 5 nitrogen and oxygen atoms in total. The maximum absolute atomic E-state index is 13.4. The predicted molar refractivity (Wildman–Crippen MR) is 152 cm³/mol. The topological polar surface area (TPSA) is 43.9 Å². The fourth-order valence-electron chi connectivity index (χ4n) is 6.47. The zero-order valence-corrected chi connectivity index (χ0v) is 23.0. The number of hydrogen-bond donors (Lipinski definition) is 1. The highest BCUT2D eigenvalue weighted by atomic mass is 16.5. The summed E-state index contributed by atoms with van der Waals surface area (Å²) < 4.78 is 14.0. The Labute approximate surface area is 231 Å². The predicted octanol–water partition coefficient (Wildman–Crippen LogP) is 4.49. The number of aromatic nitrogens is 1. The molecule has 4 aromatic rings. The highest BCUT2D eigenvalue weighted by Gasteiger charge is 2.35. The monoisotopic (exact) mass is 522 g/mol.